The first-order valence-electron chi connectivity index (χ1n) is 11.1. The van der Waals surface area contributed by atoms with Crippen molar-refractivity contribution in [2.24, 2.45) is 29.0 Å². The number of nitrogens with two attached hydrogens (primary N) is 3. The average molecular weight is 414 g/mol. The highest BCUT2D eigenvalue weighted by molar-refractivity contribution is 5.18. The average Bonchev–Trinajstić information content (AvgIpc) is 2.75. The van der Waals surface area contributed by atoms with Crippen molar-refractivity contribution in [2.75, 3.05) is 26.2 Å². The lowest BCUT2D eigenvalue weighted by Gasteiger charge is -2.28. The molecule has 0 saturated heterocycles. The van der Waals surface area contributed by atoms with Crippen LogP contribution in [0.5, 0.6) is 0 Å². The Morgan fingerprint density at radius 3 is 2.20 bits per heavy atom. The summed E-state index contributed by atoms with van der Waals surface area (Å²) in [6, 6.07) is 10.6. The highest BCUT2D eigenvalue weighted by Crippen LogP contribution is 2.18. The van der Waals surface area contributed by atoms with E-state index >= 15 is 0 Å². The summed E-state index contributed by atoms with van der Waals surface area (Å²) < 4.78 is 0. The van der Waals surface area contributed by atoms with Gasteiger partial charge in [0.05, 0.1) is 0 Å². The van der Waals surface area contributed by atoms with Gasteiger partial charge in [0.15, 0.2) is 0 Å². The van der Waals surface area contributed by atoms with E-state index in [2.05, 4.69) is 54.6 Å². The summed E-state index contributed by atoms with van der Waals surface area (Å²) in [6.07, 6.45) is 4.71. The summed E-state index contributed by atoms with van der Waals surface area (Å²) in [5, 5.41) is 7.07. The van der Waals surface area contributed by atoms with Crippen molar-refractivity contribution >= 4 is 0 Å². The second-order valence-electron chi connectivity index (χ2n) is 8.25. The number of hydrogen-bond acceptors (Lipinski definition) is 5. The SMILES string of the molecule is C=C(C)CCC(CN)NC(=C)C(CCCN)CNC(=C)C(CN)Cc1ccccc1. The van der Waals surface area contributed by atoms with Gasteiger partial charge in [-0.05, 0) is 51.1 Å². The zero-order chi connectivity index (χ0) is 22.4. The number of rotatable bonds is 17. The van der Waals surface area contributed by atoms with E-state index in [1.807, 2.05) is 13.0 Å². The van der Waals surface area contributed by atoms with Gasteiger partial charge in [-0.25, -0.2) is 0 Å². The van der Waals surface area contributed by atoms with Crippen LogP contribution in [0, 0.1) is 11.8 Å². The molecule has 0 aliphatic carbocycles. The molecule has 0 aromatic heterocycles. The quantitative estimate of drug-likeness (QED) is 0.253. The maximum absolute atomic E-state index is 6.04. The first-order valence-corrected chi connectivity index (χ1v) is 11.1. The minimum Gasteiger partial charge on any atom is -0.388 e. The summed E-state index contributed by atoms with van der Waals surface area (Å²) in [5.41, 5.74) is 22.2. The Kier molecular flexibility index (Phi) is 12.8. The normalized spacial score (nSPS) is 13.9. The van der Waals surface area contributed by atoms with Crippen molar-refractivity contribution in [2.45, 2.75) is 45.1 Å². The predicted octanol–water partition coefficient (Wildman–Crippen LogP) is 3.05. The largest absolute Gasteiger partial charge is 0.388 e. The fraction of sp³-hybridized carbons (Fsp3) is 0.520. The van der Waals surface area contributed by atoms with E-state index in [-0.39, 0.29) is 17.9 Å². The topological polar surface area (TPSA) is 102 Å². The van der Waals surface area contributed by atoms with Gasteiger partial charge in [-0.3, -0.25) is 0 Å². The maximum atomic E-state index is 6.04. The lowest BCUT2D eigenvalue weighted by Crippen LogP contribution is -2.39. The van der Waals surface area contributed by atoms with E-state index in [0.717, 1.165) is 50.0 Å². The molecule has 0 saturated carbocycles. The summed E-state index contributed by atoms with van der Waals surface area (Å²) in [5.74, 6) is 0.440. The van der Waals surface area contributed by atoms with Crippen molar-refractivity contribution in [1.82, 2.24) is 10.6 Å². The second kappa shape index (κ2) is 14.8. The molecule has 3 atom stereocenters. The smallest absolute Gasteiger partial charge is 0.0383 e. The Morgan fingerprint density at radius 1 is 0.933 bits per heavy atom. The van der Waals surface area contributed by atoms with Crippen LogP contribution in [0.1, 0.15) is 38.2 Å². The molecule has 5 heteroatoms. The lowest BCUT2D eigenvalue weighted by atomic mass is 9.95. The highest BCUT2D eigenvalue weighted by Gasteiger charge is 2.18. The molecule has 0 aliphatic rings. The summed E-state index contributed by atoms with van der Waals surface area (Å²) in [4.78, 5) is 0. The van der Waals surface area contributed by atoms with Gasteiger partial charge in [0.25, 0.3) is 0 Å². The summed E-state index contributed by atoms with van der Waals surface area (Å²) >= 11 is 0. The van der Waals surface area contributed by atoms with E-state index < -0.39 is 0 Å². The van der Waals surface area contributed by atoms with Gasteiger partial charge in [0.2, 0.25) is 0 Å². The van der Waals surface area contributed by atoms with Gasteiger partial charge < -0.3 is 27.8 Å². The molecule has 1 aromatic carbocycles. The molecule has 5 nitrogen and oxygen atoms in total. The van der Waals surface area contributed by atoms with Crippen LogP contribution in [-0.4, -0.2) is 32.2 Å². The Hall–Kier alpha value is -2.08. The molecule has 0 amide bonds. The van der Waals surface area contributed by atoms with E-state index in [1.54, 1.807) is 0 Å². The zero-order valence-electron chi connectivity index (χ0n) is 18.8. The Morgan fingerprint density at radius 2 is 1.63 bits per heavy atom. The van der Waals surface area contributed by atoms with E-state index in [4.69, 9.17) is 17.2 Å². The minimum atomic E-state index is 0.191. The Bertz CT molecular complexity index is 640. The van der Waals surface area contributed by atoms with Crippen LogP contribution in [-0.2, 0) is 6.42 Å². The molecule has 0 bridgehead atoms. The Balaban J connectivity index is 2.65. The van der Waals surface area contributed by atoms with Crippen molar-refractivity contribution < 1.29 is 0 Å². The fourth-order valence-electron chi connectivity index (χ4n) is 3.46. The number of allylic oxidation sites excluding steroid dienone is 1. The lowest BCUT2D eigenvalue weighted by molar-refractivity contribution is 0.434. The molecule has 30 heavy (non-hydrogen) atoms. The molecule has 0 heterocycles. The molecule has 3 unspecified atom stereocenters. The Labute approximate surface area is 183 Å². The van der Waals surface area contributed by atoms with Crippen LogP contribution in [0.2, 0.25) is 0 Å². The summed E-state index contributed by atoms with van der Waals surface area (Å²) in [7, 11) is 0. The summed E-state index contributed by atoms with van der Waals surface area (Å²) in [6.45, 7) is 17.2. The van der Waals surface area contributed by atoms with Crippen molar-refractivity contribution in [3.63, 3.8) is 0 Å². The molecule has 0 aliphatic heterocycles. The third-order valence-electron chi connectivity index (χ3n) is 5.52. The maximum Gasteiger partial charge on any atom is 0.0383 e. The molecule has 0 fully saturated rings. The minimum absolute atomic E-state index is 0.191. The van der Waals surface area contributed by atoms with Gasteiger partial charge >= 0.3 is 0 Å². The zero-order valence-corrected chi connectivity index (χ0v) is 18.8. The van der Waals surface area contributed by atoms with Crippen LogP contribution in [0.25, 0.3) is 0 Å². The van der Waals surface area contributed by atoms with Crippen LogP contribution in [0.4, 0.5) is 0 Å². The number of benzene rings is 1. The van der Waals surface area contributed by atoms with Crippen LogP contribution < -0.4 is 27.8 Å². The molecule has 0 radical (unpaired) electrons. The predicted molar refractivity (Wildman–Crippen MR) is 131 cm³/mol. The first kappa shape index (κ1) is 26.0. The molecule has 0 spiro atoms. The monoisotopic (exact) mass is 413 g/mol. The van der Waals surface area contributed by atoms with Crippen LogP contribution >= 0.6 is 0 Å². The molecule has 1 rings (SSSR count). The van der Waals surface area contributed by atoms with Crippen molar-refractivity contribution in [1.29, 1.82) is 0 Å². The first-order chi connectivity index (χ1) is 14.4. The number of hydrogen-bond donors (Lipinski definition) is 5. The van der Waals surface area contributed by atoms with Gasteiger partial charge in [0.1, 0.15) is 0 Å². The van der Waals surface area contributed by atoms with Gasteiger partial charge in [-0.15, -0.1) is 6.58 Å². The standard InChI is InChI=1S/C25H43N5/c1-19(2)12-13-25(17-28)30-21(4)23(11-8-14-26)18-29-20(3)24(16-27)15-22-9-6-5-7-10-22/h5-7,9-10,23-25,29-30H,1,3-4,8,11-18,26-28H2,2H3. The van der Waals surface area contributed by atoms with E-state index in [1.165, 1.54) is 11.1 Å². The third kappa shape index (κ3) is 10.1. The van der Waals surface area contributed by atoms with Crippen LogP contribution in [0.3, 0.4) is 0 Å². The second-order valence-corrected chi connectivity index (χ2v) is 8.25. The van der Waals surface area contributed by atoms with Gasteiger partial charge in [-0.2, -0.15) is 0 Å². The third-order valence-corrected chi connectivity index (χ3v) is 5.52. The molecule has 168 valence electrons. The highest BCUT2D eigenvalue weighted by atomic mass is 15.0. The van der Waals surface area contributed by atoms with Gasteiger partial charge in [0, 0.05) is 48.9 Å². The fourth-order valence-corrected chi connectivity index (χ4v) is 3.46. The molecular formula is C25H43N5. The van der Waals surface area contributed by atoms with Gasteiger partial charge in [-0.1, -0.05) is 49.1 Å². The molecule has 8 N–H and O–H groups in total. The van der Waals surface area contributed by atoms with E-state index in [0.29, 0.717) is 19.6 Å². The molecule has 1 aromatic rings. The number of nitrogens with one attached hydrogen (secondary N) is 2. The van der Waals surface area contributed by atoms with Crippen molar-refractivity contribution in [3.05, 3.63) is 72.6 Å². The van der Waals surface area contributed by atoms with Crippen molar-refractivity contribution in [3.8, 4) is 0 Å². The van der Waals surface area contributed by atoms with Crippen LogP contribution in [0.15, 0.2) is 67.0 Å². The van der Waals surface area contributed by atoms with E-state index in [9.17, 15) is 0 Å². The molecular weight excluding hydrogens is 370 g/mol.